The van der Waals surface area contributed by atoms with Gasteiger partial charge in [-0.1, -0.05) is 13.3 Å². The topological polar surface area (TPSA) is 74.2 Å². The van der Waals surface area contributed by atoms with Crippen LogP contribution in [0.2, 0.25) is 0 Å². The molecule has 0 aliphatic carbocycles. The zero-order valence-corrected chi connectivity index (χ0v) is 17.7. The quantitative estimate of drug-likeness (QED) is 0.650. The van der Waals surface area contributed by atoms with Crippen LogP contribution in [0.25, 0.3) is 0 Å². The Bertz CT molecular complexity index is 742. The maximum atomic E-state index is 12.4. The number of hydrogen-bond donors (Lipinski definition) is 1. The van der Waals surface area contributed by atoms with E-state index >= 15 is 0 Å². The minimum absolute atomic E-state index is 0.0174. The minimum atomic E-state index is 0.0174. The SMILES string of the molecule is CCCCc1nc(C)c(C(=O)NCCCN2CCN(c3ncccn3)CC2)s1. The van der Waals surface area contributed by atoms with Crippen molar-refractivity contribution >= 4 is 23.2 Å². The molecular weight excluding hydrogens is 372 g/mol. The number of hydrogen-bond acceptors (Lipinski definition) is 7. The molecule has 0 spiro atoms. The molecule has 0 aromatic carbocycles. The predicted molar refractivity (Wildman–Crippen MR) is 113 cm³/mol. The summed E-state index contributed by atoms with van der Waals surface area (Å²) in [4.78, 5) is 31.0. The van der Waals surface area contributed by atoms with E-state index in [0.29, 0.717) is 6.54 Å². The van der Waals surface area contributed by atoms with E-state index in [9.17, 15) is 4.79 Å². The van der Waals surface area contributed by atoms with Crippen LogP contribution in [-0.2, 0) is 6.42 Å². The summed E-state index contributed by atoms with van der Waals surface area (Å²) < 4.78 is 0. The fourth-order valence-corrected chi connectivity index (χ4v) is 4.33. The Balaban J connectivity index is 1.35. The highest BCUT2D eigenvalue weighted by Gasteiger charge is 2.19. The molecule has 1 N–H and O–H groups in total. The summed E-state index contributed by atoms with van der Waals surface area (Å²) in [6.07, 6.45) is 7.76. The van der Waals surface area contributed by atoms with Gasteiger partial charge in [-0.2, -0.15) is 0 Å². The third-order valence-electron chi connectivity index (χ3n) is 4.94. The number of unbranched alkanes of at least 4 members (excludes halogenated alkanes) is 1. The number of piperazine rings is 1. The van der Waals surface area contributed by atoms with Crippen LogP contribution < -0.4 is 10.2 Å². The molecular formula is C20H30N6OS. The molecule has 1 aliphatic rings. The fourth-order valence-electron chi connectivity index (χ4n) is 3.31. The van der Waals surface area contributed by atoms with Crippen molar-refractivity contribution in [3.05, 3.63) is 34.0 Å². The standard InChI is InChI=1S/C20H30N6OS/c1-3-4-7-17-24-16(2)18(28-17)19(27)21-10-6-11-25-12-14-26(15-13-25)20-22-8-5-9-23-20/h5,8-9H,3-4,6-7,10-15H2,1-2H3,(H,21,27). The zero-order chi connectivity index (χ0) is 19.8. The van der Waals surface area contributed by atoms with Gasteiger partial charge in [0.2, 0.25) is 5.95 Å². The van der Waals surface area contributed by atoms with E-state index in [-0.39, 0.29) is 5.91 Å². The molecule has 2 aromatic rings. The van der Waals surface area contributed by atoms with Crippen molar-refractivity contribution in [3.63, 3.8) is 0 Å². The first kappa shape index (κ1) is 20.7. The predicted octanol–water partition coefficient (Wildman–Crippen LogP) is 2.53. The lowest BCUT2D eigenvalue weighted by molar-refractivity contribution is 0.0954. The number of anilines is 1. The second-order valence-electron chi connectivity index (χ2n) is 7.11. The summed E-state index contributed by atoms with van der Waals surface area (Å²) in [5.41, 5.74) is 0.854. The monoisotopic (exact) mass is 402 g/mol. The first-order valence-electron chi connectivity index (χ1n) is 10.2. The van der Waals surface area contributed by atoms with Crippen molar-refractivity contribution < 1.29 is 4.79 Å². The van der Waals surface area contributed by atoms with Crippen molar-refractivity contribution in [3.8, 4) is 0 Å². The highest BCUT2D eigenvalue weighted by Crippen LogP contribution is 2.19. The van der Waals surface area contributed by atoms with Gasteiger partial charge >= 0.3 is 0 Å². The second-order valence-corrected chi connectivity index (χ2v) is 8.20. The van der Waals surface area contributed by atoms with Crippen molar-refractivity contribution in [1.29, 1.82) is 0 Å². The smallest absolute Gasteiger partial charge is 0.263 e. The molecule has 28 heavy (non-hydrogen) atoms. The highest BCUT2D eigenvalue weighted by molar-refractivity contribution is 7.13. The van der Waals surface area contributed by atoms with Crippen LogP contribution in [0.1, 0.15) is 46.6 Å². The lowest BCUT2D eigenvalue weighted by Crippen LogP contribution is -2.47. The summed E-state index contributed by atoms with van der Waals surface area (Å²) in [5.74, 6) is 0.830. The second kappa shape index (κ2) is 10.5. The molecule has 2 aromatic heterocycles. The highest BCUT2D eigenvalue weighted by atomic mass is 32.1. The van der Waals surface area contributed by atoms with Crippen LogP contribution in [0.3, 0.4) is 0 Å². The number of nitrogens with zero attached hydrogens (tertiary/aromatic N) is 5. The van der Waals surface area contributed by atoms with Crippen molar-refractivity contribution in [2.24, 2.45) is 0 Å². The van der Waals surface area contributed by atoms with Crippen LogP contribution in [0.4, 0.5) is 5.95 Å². The summed E-state index contributed by atoms with van der Waals surface area (Å²) in [5, 5.41) is 4.13. The van der Waals surface area contributed by atoms with Crippen molar-refractivity contribution in [2.75, 3.05) is 44.2 Å². The molecule has 1 fully saturated rings. The molecule has 3 heterocycles. The van der Waals surface area contributed by atoms with E-state index in [4.69, 9.17) is 0 Å². The summed E-state index contributed by atoms with van der Waals surface area (Å²) in [6.45, 7) is 9.67. The molecule has 0 unspecified atom stereocenters. The summed E-state index contributed by atoms with van der Waals surface area (Å²) in [6, 6.07) is 1.84. The van der Waals surface area contributed by atoms with Crippen LogP contribution in [0, 0.1) is 6.92 Å². The maximum Gasteiger partial charge on any atom is 0.263 e. The maximum absolute atomic E-state index is 12.4. The van der Waals surface area contributed by atoms with Crippen LogP contribution in [-0.4, -0.2) is 65.0 Å². The molecule has 7 nitrogen and oxygen atoms in total. The van der Waals surface area contributed by atoms with Gasteiger partial charge in [-0.25, -0.2) is 15.0 Å². The van der Waals surface area contributed by atoms with Crippen LogP contribution >= 0.6 is 11.3 Å². The van der Waals surface area contributed by atoms with Crippen LogP contribution in [0.15, 0.2) is 18.5 Å². The number of aryl methyl sites for hydroxylation is 2. The Morgan fingerprint density at radius 2 is 1.93 bits per heavy atom. The first-order chi connectivity index (χ1) is 13.7. The van der Waals surface area contributed by atoms with Gasteiger partial charge < -0.3 is 10.2 Å². The van der Waals surface area contributed by atoms with Gasteiger partial charge in [0.05, 0.1) is 10.7 Å². The van der Waals surface area contributed by atoms with Gasteiger partial charge in [-0.15, -0.1) is 11.3 Å². The molecule has 0 radical (unpaired) electrons. The van der Waals surface area contributed by atoms with Crippen LogP contribution in [0.5, 0.6) is 0 Å². The van der Waals surface area contributed by atoms with Gasteiger partial charge in [-0.3, -0.25) is 9.69 Å². The molecule has 0 bridgehead atoms. The number of amides is 1. The minimum Gasteiger partial charge on any atom is -0.351 e. The van der Waals surface area contributed by atoms with E-state index in [0.717, 1.165) is 79.9 Å². The number of aromatic nitrogens is 3. The average Bonchev–Trinajstić information content (AvgIpc) is 3.11. The number of thiazole rings is 1. The Hall–Kier alpha value is -2.06. The lowest BCUT2D eigenvalue weighted by atomic mass is 10.2. The van der Waals surface area contributed by atoms with Gasteiger partial charge in [-0.05, 0) is 38.8 Å². The zero-order valence-electron chi connectivity index (χ0n) is 16.9. The Kier molecular flexibility index (Phi) is 7.73. The lowest BCUT2D eigenvalue weighted by Gasteiger charge is -2.34. The van der Waals surface area contributed by atoms with E-state index in [2.05, 4.69) is 37.0 Å². The largest absolute Gasteiger partial charge is 0.351 e. The molecule has 0 saturated carbocycles. The van der Waals surface area contributed by atoms with Crippen molar-refractivity contribution in [1.82, 2.24) is 25.2 Å². The fraction of sp³-hybridized carbons (Fsp3) is 0.600. The molecule has 0 atom stereocenters. The molecule has 8 heteroatoms. The first-order valence-corrected chi connectivity index (χ1v) is 11.0. The number of rotatable bonds is 9. The summed E-state index contributed by atoms with van der Waals surface area (Å²) >= 11 is 1.54. The van der Waals surface area contributed by atoms with E-state index in [1.807, 2.05) is 13.0 Å². The molecule has 1 saturated heterocycles. The molecule has 1 aliphatic heterocycles. The molecule has 3 rings (SSSR count). The van der Waals surface area contributed by atoms with E-state index < -0.39 is 0 Å². The Labute approximate surface area is 171 Å². The number of nitrogens with one attached hydrogen (secondary N) is 1. The third-order valence-corrected chi connectivity index (χ3v) is 6.15. The normalized spacial score (nSPS) is 15.0. The number of carbonyl (C=O) groups is 1. The molecule has 1 amide bonds. The Morgan fingerprint density at radius 3 is 2.64 bits per heavy atom. The van der Waals surface area contributed by atoms with E-state index in [1.165, 1.54) is 0 Å². The summed E-state index contributed by atoms with van der Waals surface area (Å²) in [7, 11) is 0. The molecule has 152 valence electrons. The van der Waals surface area contributed by atoms with Gasteiger partial charge in [0, 0.05) is 45.1 Å². The Morgan fingerprint density at radius 1 is 1.18 bits per heavy atom. The number of carbonyl (C=O) groups excluding carboxylic acids is 1. The average molecular weight is 403 g/mol. The van der Waals surface area contributed by atoms with Gasteiger partial charge in [0.1, 0.15) is 4.88 Å². The van der Waals surface area contributed by atoms with E-state index in [1.54, 1.807) is 23.7 Å². The third kappa shape index (κ3) is 5.72. The van der Waals surface area contributed by atoms with Gasteiger partial charge in [0.25, 0.3) is 5.91 Å². The van der Waals surface area contributed by atoms with Crippen molar-refractivity contribution in [2.45, 2.75) is 39.5 Å². The van der Waals surface area contributed by atoms with Gasteiger partial charge in [0.15, 0.2) is 0 Å².